The predicted octanol–water partition coefficient (Wildman–Crippen LogP) is -1.96. The summed E-state index contributed by atoms with van der Waals surface area (Å²) in [6.07, 6.45) is 4.97. The van der Waals surface area contributed by atoms with Gasteiger partial charge in [0.1, 0.15) is 6.54 Å². The minimum Gasteiger partial charge on any atom is -0.613 e. The molecule has 5 heteroatoms. The van der Waals surface area contributed by atoms with Gasteiger partial charge in [0.15, 0.2) is 0 Å². The van der Waals surface area contributed by atoms with Crippen LogP contribution in [-0.2, 0) is 0 Å². The van der Waals surface area contributed by atoms with Crippen LogP contribution in [-0.4, -0.2) is 13.1 Å². The maximum atomic E-state index is 10.2. The highest BCUT2D eigenvalue weighted by atomic mass is 16.5. The third-order valence-electron chi connectivity index (χ3n) is 0.869. The molecule has 0 amide bonds. The Morgan fingerprint density at radius 1 is 1.64 bits per heavy atom. The van der Waals surface area contributed by atoms with E-state index in [9.17, 15) is 5.21 Å². The molecular formula is C6H14N4O. The van der Waals surface area contributed by atoms with Crippen LogP contribution < -0.4 is 21.9 Å². The Hall–Kier alpha value is -0.880. The minimum atomic E-state index is -0.341. The van der Waals surface area contributed by atoms with Crippen LogP contribution in [0.2, 0.25) is 0 Å². The highest BCUT2D eigenvalue weighted by Crippen LogP contribution is 1.59. The molecule has 0 aliphatic carbocycles. The topological polar surface area (TPSA) is 77.6 Å². The minimum absolute atomic E-state index is 0.253. The predicted molar refractivity (Wildman–Crippen MR) is 43.9 cm³/mol. The number of rotatable bonds is 6. The summed E-state index contributed by atoms with van der Waals surface area (Å²) < 4.78 is 0. The van der Waals surface area contributed by atoms with E-state index in [0.29, 0.717) is 6.54 Å². The number of hydrogen-bond donors (Lipinski definition) is 4. The zero-order valence-corrected chi connectivity index (χ0v) is 6.34. The first-order valence-corrected chi connectivity index (χ1v) is 3.30. The van der Waals surface area contributed by atoms with Gasteiger partial charge in [-0.25, -0.2) is 5.43 Å². The molecule has 1 unspecified atom stereocenters. The van der Waals surface area contributed by atoms with Crippen molar-refractivity contribution in [3.05, 3.63) is 30.1 Å². The zero-order chi connectivity index (χ0) is 8.53. The van der Waals surface area contributed by atoms with E-state index in [1.165, 1.54) is 0 Å². The van der Waals surface area contributed by atoms with E-state index in [1.54, 1.807) is 18.4 Å². The van der Waals surface area contributed by atoms with Gasteiger partial charge in [0.2, 0.25) is 0 Å². The van der Waals surface area contributed by atoms with Crippen molar-refractivity contribution in [2.45, 2.75) is 0 Å². The summed E-state index contributed by atoms with van der Waals surface area (Å²) in [7, 11) is 0. The van der Waals surface area contributed by atoms with E-state index in [0.717, 1.165) is 0 Å². The molecule has 11 heavy (non-hydrogen) atoms. The highest BCUT2D eigenvalue weighted by Gasteiger charge is 1.79. The maximum absolute atomic E-state index is 10.2. The fourth-order valence-corrected chi connectivity index (χ4v) is 0.424. The largest absolute Gasteiger partial charge is 0.613 e. The number of hydrogen-bond acceptors (Lipinski definition) is 4. The molecule has 0 spiro atoms. The van der Waals surface area contributed by atoms with Gasteiger partial charge >= 0.3 is 0 Å². The summed E-state index contributed by atoms with van der Waals surface area (Å²) in [6, 6.07) is 0. The van der Waals surface area contributed by atoms with E-state index in [1.807, 2.05) is 0 Å². The fourth-order valence-electron chi connectivity index (χ4n) is 0.424. The molecule has 0 aliphatic rings. The molecule has 0 bridgehead atoms. The van der Waals surface area contributed by atoms with E-state index < -0.39 is 0 Å². The lowest BCUT2D eigenvalue weighted by molar-refractivity contribution is -0.854. The van der Waals surface area contributed by atoms with Gasteiger partial charge in [-0.15, -0.1) is 6.58 Å². The van der Waals surface area contributed by atoms with Crippen molar-refractivity contribution in [2.24, 2.45) is 5.84 Å². The first-order chi connectivity index (χ1) is 5.27. The standard InChI is InChI=1S/C6H14N4O/c1-2-4-8-9-5-3-6-10(7)11/h2-3,5,8-10H,1,4,6-7H2/b5-3+. The number of quaternary nitrogens is 1. The molecule has 0 heterocycles. The second kappa shape index (κ2) is 7.23. The van der Waals surface area contributed by atoms with Gasteiger partial charge in [0, 0.05) is 12.7 Å². The third-order valence-corrected chi connectivity index (χ3v) is 0.869. The Morgan fingerprint density at radius 2 is 2.36 bits per heavy atom. The van der Waals surface area contributed by atoms with Crippen LogP contribution in [0.3, 0.4) is 0 Å². The average Bonchev–Trinajstić information content (AvgIpc) is 1.96. The molecule has 0 aliphatic heterocycles. The van der Waals surface area contributed by atoms with Crippen LogP contribution in [0, 0.1) is 5.21 Å². The fraction of sp³-hybridized carbons (Fsp3) is 0.333. The molecule has 0 aromatic carbocycles. The highest BCUT2D eigenvalue weighted by molar-refractivity contribution is 4.78. The molecule has 0 aromatic rings. The third kappa shape index (κ3) is 9.12. The summed E-state index contributed by atoms with van der Waals surface area (Å²) in [5.74, 6) is 4.88. The van der Waals surface area contributed by atoms with Gasteiger partial charge in [-0.2, -0.15) is 5.84 Å². The first kappa shape index (κ1) is 10.1. The molecule has 0 aromatic heterocycles. The Labute approximate surface area is 66.1 Å². The molecule has 64 valence electrons. The van der Waals surface area contributed by atoms with Gasteiger partial charge in [0.05, 0.1) is 0 Å². The zero-order valence-electron chi connectivity index (χ0n) is 6.34. The van der Waals surface area contributed by atoms with E-state index in [2.05, 4.69) is 17.4 Å². The van der Waals surface area contributed by atoms with Gasteiger partial charge in [0.25, 0.3) is 0 Å². The number of nitrogens with one attached hydrogen (secondary N) is 3. The van der Waals surface area contributed by atoms with Crippen molar-refractivity contribution in [2.75, 3.05) is 13.1 Å². The molecule has 0 radical (unpaired) electrons. The molecule has 0 saturated heterocycles. The van der Waals surface area contributed by atoms with Crippen molar-refractivity contribution >= 4 is 0 Å². The molecule has 0 rings (SSSR count). The van der Waals surface area contributed by atoms with Gasteiger partial charge in [-0.05, 0) is 6.08 Å². The summed E-state index contributed by atoms with van der Waals surface area (Å²) in [4.78, 5) is 0. The van der Waals surface area contributed by atoms with Gasteiger partial charge in [-0.3, -0.25) is 5.17 Å². The quantitative estimate of drug-likeness (QED) is 0.157. The summed E-state index contributed by atoms with van der Waals surface area (Å²) in [6.45, 7) is 4.43. The van der Waals surface area contributed by atoms with Crippen LogP contribution in [0.4, 0.5) is 0 Å². The second-order valence-electron chi connectivity index (χ2n) is 1.89. The van der Waals surface area contributed by atoms with Crippen molar-refractivity contribution in [1.29, 1.82) is 0 Å². The summed E-state index contributed by atoms with van der Waals surface area (Å²) in [5, 5.41) is 9.85. The van der Waals surface area contributed by atoms with Crippen molar-refractivity contribution in [3.63, 3.8) is 0 Å². The Balaban J connectivity index is 3.09. The molecule has 5 nitrogen and oxygen atoms in total. The summed E-state index contributed by atoms with van der Waals surface area (Å²) in [5.41, 5.74) is 5.53. The lowest BCUT2D eigenvalue weighted by Gasteiger charge is -2.10. The molecule has 1 atom stereocenters. The number of hydrazine groups is 1. The van der Waals surface area contributed by atoms with Crippen LogP contribution in [0.5, 0.6) is 0 Å². The van der Waals surface area contributed by atoms with Crippen LogP contribution in [0.15, 0.2) is 24.9 Å². The lowest BCUT2D eigenvalue weighted by Crippen LogP contribution is -3.13. The average molecular weight is 158 g/mol. The van der Waals surface area contributed by atoms with Crippen molar-refractivity contribution < 1.29 is 5.17 Å². The Morgan fingerprint density at radius 3 is 2.91 bits per heavy atom. The molecule has 5 N–H and O–H groups in total. The number of nitrogens with two attached hydrogens (primary N) is 1. The van der Waals surface area contributed by atoms with Crippen LogP contribution in [0.25, 0.3) is 0 Å². The van der Waals surface area contributed by atoms with Crippen molar-refractivity contribution in [1.82, 2.24) is 10.9 Å². The normalized spacial score (nSPS) is 13.3. The molecule has 0 saturated carbocycles. The Bertz CT molecular complexity index is 124. The van der Waals surface area contributed by atoms with Crippen LogP contribution in [0.1, 0.15) is 0 Å². The smallest absolute Gasteiger partial charge is 0.115 e. The summed E-state index contributed by atoms with van der Waals surface area (Å²) >= 11 is 0. The van der Waals surface area contributed by atoms with Gasteiger partial charge in [-0.1, -0.05) is 6.08 Å². The van der Waals surface area contributed by atoms with E-state index >= 15 is 0 Å². The van der Waals surface area contributed by atoms with Crippen LogP contribution >= 0.6 is 0 Å². The lowest BCUT2D eigenvalue weighted by atomic mass is 10.6. The van der Waals surface area contributed by atoms with Gasteiger partial charge < -0.3 is 10.6 Å². The Kier molecular flexibility index (Phi) is 6.65. The van der Waals surface area contributed by atoms with Crippen molar-refractivity contribution in [3.8, 4) is 0 Å². The monoisotopic (exact) mass is 158 g/mol. The second-order valence-corrected chi connectivity index (χ2v) is 1.89. The van der Waals surface area contributed by atoms with E-state index in [-0.39, 0.29) is 11.7 Å². The molecular weight excluding hydrogens is 144 g/mol. The number of hydroxylamine groups is 1. The molecule has 0 fully saturated rings. The van der Waals surface area contributed by atoms with E-state index in [4.69, 9.17) is 5.84 Å². The maximum Gasteiger partial charge on any atom is 0.115 e. The SMILES string of the molecule is C=CCNN/C=C/C[NH+](N)[O-]. The first-order valence-electron chi connectivity index (χ1n) is 3.30.